The van der Waals surface area contributed by atoms with Crippen LogP contribution in [0.25, 0.3) is 0 Å². The molecule has 0 saturated carbocycles. The van der Waals surface area contributed by atoms with Gasteiger partial charge in [-0.3, -0.25) is 4.79 Å². The molecule has 0 radical (unpaired) electrons. The Kier molecular flexibility index (Phi) is 3.91. The number of methoxy groups -OCH3 is 1. The molecule has 4 heteroatoms. The maximum atomic E-state index is 13.1. The molecule has 0 spiro atoms. The molecule has 0 saturated heterocycles. The van der Waals surface area contributed by atoms with Crippen molar-refractivity contribution >= 4 is 5.78 Å². The number of hydrogen-bond donors (Lipinski definition) is 0. The van der Waals surface area contributed by atoms with Crippen molar-refractivity contribution in [3.05, 3.63) is 35.4 Å². The van der Waals surface area contributed by atoms with Crippen molar-refractivity contribution in [1.29, 1.82) is 0 Å². The highest BCUT2D eigenvalue weighted by Crippen LogP contribution is 2.11. The normalized spacial score (nSPS) is 12.5. The van der Waals surface area contributed by atoms with E-state index in [4.69, 9.17) is 4.74 Å². The zero-order valence-corrected chi connectivity index (χ0v) is 8.59. The summed E-state index contributed by atoms with van der Waals surface area (Å²) < 4.78 is 30.5. The molecule has 0 N–H and O–H groups in total. The van der Waals surface area contributed by atoms with E-state index in [1.807, 2.05) is 0 Å². The van der Waals surface area contributed by atoms with Crippen LogP contribution < -0.4 is 0 Å². The molecule has 0 aliphatic heterocycles. The Hall–Kier alpha value is -1.29. The third-order valence-electron chi connectivity index (χ3n) is 2.19. The van der Waals surface area contributed by atoms with Gasteiger partial charge in [0.25, 0.3) is 0 Å². The Morgan fingerprint density at radius 1 is 1.47 bits per heavy atom. The molecule has 2 nitrogen and oxygen atoms in total. The first-order valence-electron chi connectivity index (χ1n) is 4.54. The van der Waals surface area contributed by atoms with E-state index in [0.29, 0.717) is 0 Å². The van der Waals surface area contributed by atoms with Gasteiger partial charge in [-0.05, 0) is 18.6 Å². The highest BCUT2D eigenvalue weighted by molar-refractivity contribution is 5.84. The molecule has 1 aromatic rings. The number of carbonyl (C=O) groups is 1. The molecule has 15 heavy (non-hydrogen) atoms. The minimum Gasteiger partial charge on any atom is -0.374 e. The van der Waals surface area contributed by atoms with Crippen molar-refractivity contribution in [2.45, 2.75) is 19.4 Å². The van der Waals surface area contributed by atoms with Gasteiger partial charge < -0.3 is 4.74 Å². The van der Waals surface area contributed by atoms with E-state index >= 15 is 0 Å². The fourth-order valence-electron chi connectivity index (χ4n) is 1.13. The van der Waals surface area contributed by atoms with Crippen LogP contribution in [-0.2, 0) is 16.0 Å². The molecule has 1 rings (SSSR count). The van der Waals surface area contributed by atoms with Gasteiger partial charge >= 0.3 is 0 Å². The van der Waals surface area contributed by atoms with Crippen molar-refractivity contribution in [2.24, 2.45) is 0 Å². The lowest BCUT2D eigenvalue weighted by molar-refractivity contribution is -0.127. The van der Waals surface area contributed by atoms with Crippen LogP contribution in [0, 0.1) is 11.6 Å². The molecule has 0 heterocycles. The summed E-state index contributed by atoms with van der Waals surface area (Å²) >= 11 is 0. The average Bonchev–Trinajstić information content (AvgIpc) is 2.20. The van der Waals surface area contributed by atoms with Gasteiger partial charge in [-0.25, -0.2) is 8.78 Å². The molecular formula is C11H12F2O2. The molecule has 82 valence electrons. The molecule has 0 amide bonds. The third-order valence-corrected chi connectivity index (χ3v) is 2.19. The van der Waals surface area contributed by atoms with E-state index in [0.717, 1.165) is 12.1 Å². The Balaban J connectivity index is 2.77. The smallest absolute Gasteiger partial charge is 0.165 e. The number of ketones is 1. The quantitative estimate of drug-likeness (QED) is 0.767. The van der Waals surface area contributed by atoms with Gasteiger partial charge in [0, 0.05) is 19.6 Å². The lowest BCUT2D eigenvalue weighted by atomic mass is 10.1. The minimum atomic E-state index is -0.702. The van der Waals surface area contributed by atoms with Crippen LogP contribution in [0.15, 0.2) is 18.2 Å². The monoisotopic (exact) mass is 214 g/mol. The summed E-state index contributed by atoms with van der Waals surface area (Å²) in [6, 6.07) is 3.16. The lowest BCUT2D eigenvalue weighted by Gasteiger charge is -2.08. The summed E-state index contributed by atoms with van der Waals surface area (Å²) in [6.07, 6.45) is -0.657. The maximum Gasteiger partial charge on any atom is 0.165 e. The number of ether oxygens (including phenoxy) is 1. The highest BCUT2D eigenvalue weighted by Gasteiger charge is 2.14. The highest BCUT2D eigenvalue weighted by atomic mass is 19.1. The van der Waals surface area contributed by atoms with E-state index in [-0.39, 0.29) is 17.8 Å². The van der Waals surface area contributed by atoms with Crippen LogP contribution in [0.4, 0.5) is 8.78 Å². The van der Waals surface area contributed by atoms with Crippen LogP contribution in [0.1, 0.15) is 12.5 Å². The third kappa shape index (κ3) is 3.09. The fourth-order valence-corrected chi connectivity index (χ4v) is 1.13. The summed E-state index contributed by atoms with van der Waals surface area (Å²) in [5.74, 6) is -1.59. The standard InChI is InChI=1S/C11H12F2O2/c1-7(15-2)11(14)5-8-3-4-9(12)6-10(8)13/h3-4,6-7H,5H2,1-2H3. The van der Waals surface area contributed by atoms with Gasteiger partial charge in [-0.15, -0.1) is 0 Å². The molecule has 1 aromatic carbocycles. The number of benzene rings is 1. The second kappa shape index (κ2) is 4.98. The predicted octanol–water partition coefficient (Wildman–Crippen LogP) is 2.11. The van der Waals surface area contributed by atoms with Crippen molar-refractivity contribution in [2.75, 3.05) is 7.11 Å². The Morgan fingerprint density at radius 3 is 2.67 bits per heavy atom. The van der Waals surface area contributed by atoms with Gasteiger partial charge in [0.2, 0.25) is 0 Å². The van der Waals surface area contributed by atoms with Crippen molar-refractivity contribution in [1.82, 2.24) is 0 Å². The first kappa shape index (κ1) is 11.8. The largest absolute Gasteiger partial charge is 0.374 e. The molecule has 1 atom stereocenters. The zero-order valence-electron chi connectivity index (χ0n) is 8.59. The second-order valence-electron chi connectivity index (χ2n) is 3.26. The van der Waals surface area contributed by atoms with E-state index in [1.54, 1.807) is 6.92 Å². The maximum absolute atomic E-state index is 13.1. The molecule has 0 aromatic heterocycles. The number of halogens is 2. The number of rotatable bonds is 4. The average molecular weight is 214 g/mol. The summed E-state index contributed by atoms with van der Waals surface area (Å²) in [6.45, 7) is 1.59. The molecule has 0 fully saturated rings. The molecule has 0 aliphatic rings. The summed E-state index contributed by atoms with van der Waals surface area (Å²) in [4.78, 5) is 11.4. The summed E-state index contributed by atoms with van der Waals surface area (Å²) in [5.41, 5.74) is 0.185. The second-order valence-corrected chi connectivity index (χ2v) is 3.26. The first-order valence-corrected chi connectivity index (χ1v) is 4.54. The Morgan fingerprint density at radius 2 is 2.13 bits per heavy atom. The number of Topliss-reactive ketones (excluding diaryl/α,β-unsaturated/α-hetero) is 1. The fraction of sp³-hybridized carbons (Fsp3) is 0.364. The minimum absolute atomic E-state index is 0.0822. The summed E-state index contributed by atoms with van der Waals surface area (Å²) in [5, 5.41) is 0. The van der Waals surface area contributed by atoms with E-state index < -0.39 is 17.7 Å². The SMILES string of the molecule is COC(C)C(=O)Cc1ccc(F)cc1F. The van der Waals surface area contributed by atoms with Crippen molar-refractivity contribution in [3.63, 3.8) is 0 Å². The lowest BCUT2D eigenvalue weighted by Crippen LogP contribution is -2.21. The van der Waals surface area contributed by atoms with Crippen LogP contribution in [-0.4, -0.2) is 19.0 Å². The zero-order chi connectivity index (χ0) is 11.4. The molecule has 0 aliphatic carbocycles. The van der Waals surface area contributed by atoms with Crippen LogP contribution in [0.3, 0.4) is 0 Å². The van der Waals surface area contributed by atoms with E-state index in [2.05, 4.69) is 0 Å². The van der Waals surface area contributed by atoms with Gasteiger partial charge in [0.15, 0.2) is 5.78 Å². The van der Waals surface area contributed by atoms with Crippen LogP contribution >= 0.6 is 0 Å². The topological polar surface area (TPSA) is 26.3 Å². The van der Waals surface area contributed by atoms with Crippen LogP contribution in [0.2, 0.25) is 0 Å². The summed E-state index contributed by atoms with van der Waals surface area (Å²) in [7, 11) is 1.41. The van der Waals surface area contributed by atoms with E-state index in [1.165, 1.54) is 13.2 Å². The Bertz CT molecular complexity index is 364. The molecular weight excluding hydrogens is 202 g/mol. The predicted molar refractivity (Wildman–Crippen MR) is 51.5 cm³/mol. The van der Waals surface area contributed by atoms with Crippen molar-refractivity contribution < 1.29 is 18.3 Å². The Labute approximate surface area is 86.9 Å². The van der Waals surface area contributed by atoms with Gasteiger partial charge in [0.1, 0.15) is 17.7 Å². The number of hydrogen-bond acceptors (Lipinski definition) is 2. The first-order chi connectivity index (χ1) is 7.04. The van der Waals surface area contributed by atoms with Gasteiger partial charge in [-0.2, -0.15) is 0 Å². The van der Waals surface area contributed by atoms with Gasteiger partial charge in [0.05, 0.1) is 0 Å². The van der Waals surface area contributed by atoms with Crippen molar-refractivity contribution in [3.8, 4) is 0 Å². The van der Waals surface area contributed by atoms with Gasteiger partial charge in [-0.1, -0.05) is 6.07 Å². The van der Waals surface area contributed by atoms with Crippen LogP contribution in [0.5, 0.6) is 0 Å². The number of carbonyl (C=O) groups excluding carboxylic acids is 1. The molecule has 0 bridgehead atoms. The molecule has 1 unspecified atom stereocenters. The van der Waals surface area contributed by atoms with E-state index in [9.17, 15) is 13.6 Å².